The molecule has 1 aromatic carbocycles. The monoisotopic (exact) mass is 298 g/mol. The highest BCUT2D eigenvalue weighted by molar-refractivity contribution is 5.78. The number of rotatable bonds is 3. The summed E-state index contributed by atoms with van der Waals surface area (Å²) in [5.74, 6) is 0.162. The Morgan fingerprint density at radius 1 is 1.18 bits per heavy atom. The first-order valence-electron chi connectivity index (χ1n) is 7.72. The van der Waals surface area contributed by atoms with Gasteiger partial charge in [-0.15, -0.1) is 0 Å². The summed E-state index contributed by atoms with van der Waals surface area (Å²) in [6, 6.07) is 10.5. The van der Waals surface area contributed by atoms with Crippen molar-refractivity contribution in [3.63, 3.8) is 0 Å². The van der Waals surface area contributed by atoms with E-state index in [4.69, 9.17) is 0 Å². The third-order valence-electron chi connectivity index (χ3n) is 4.09. The number of aromatic nitrogens is 2. The molecule has 0 atom stereocenters. The van der Waals surface area contributed by atoms with Crippen LogP contribution in [0, 0.1) is 13.8 Å². The number of piperazine rings is 1. The first kappa shape index (κ1) is 14.6. The highest BCUT2D eigenvalue weighted by Crippen LogP contribution is 2.18. The van der Waals surface area contributed by atoms with Crippen molar-refractivity contribution in [1.82, 2.24) is 15.1 Å². The van der Waals surface area contributed by atoms with Gasteiger partial charge in [0.1, 0.15) is 0 Å². The molecule has 2 aromatic rings. The van der Waals surface area contributed by atoms with Gasteiger partial charge < -0.3 is 9.80 Å². The summed E-state index contributed by atoms with van der Waals surface area (Å²) in [5.41, 5.74) is 4.33. The summed E-state index contributed by atoms with van der Waals surface area (Å²) in [5, 5.41) is 7.02. The smallest absolute Gasteiger partial charge is 0.228 e. The van der Waals surface area contributed by atoms with Crippen LogP contribution in [0.25, 0.3) is 0 Å². The Kier molecular flexibility index (Phi) is 4.13. The molecule has 1 N–H and O–H groups in total. The molecule has 0 unspecified atom stereocenters. The number of benzene rings is 1. The third-order valence-corrected chi connectivity index (χ3v) is 4.09. The lowest BCUT2D eigenvalue weighted by Gasteiger charge is -2.36. The van der Waals surface area contributed by atoms with Crippen molar-refractivity contribution in [3.8, 4) is 0 Å². The van der Waals surface area contributed by atoms with Crippen molar-refractivity contribution >= 4 is 11.6 Å². The first-order chi connectivity index (χ1) is 10.6. The van der Waals surface area contributed by atoms with E-state index in [9.17, 15) is 4.79 Å². The number of H-pyrrole nitrogens is 1. The highest BCUT2D eigenvalue weighted by atomic mass is 16.2. The van der Waals surface area contributed by atoms with Crippen LogP contribution in [-0.4, -0.2) is 47.2 Å². The summed E-state index contributed by atoms with van der Waals surface area (Å²) in [4.78, 5) is 16.6. The molecule has 1 aromatic heterocycles. The molecule has 116 valence electrons. The Morgan fingerprint density at radius 2 is 1.95 bits per heavy atom. The van der Waals surface area contributed by atoms with E-state index >= 15 is 0 Å². The number of nitrogens with one attached hydrogen (secondary N) is 1. The molecule has 1 amide bonds. The van der Waals surface area contributed by atoms with Gasteiger partial charge in [0.15, 0.2) is 0 Å². The number of carbonyl (C=O) groups excluding carboxylic acids is 1. The number of hydrogen-bond acceptors (Lipinski definition) is 3. The van der Waals surface area contributed by atoms with Crippen molar-refractivity contribution < 1.29 is 4.79 Å². The number of nitrogens with zero attached hydrogens (tertiary/aromatic N) is 3. The molecule has 2 heterocycles. The summed E-state index contributed by atoms with van der Waals surface area (Å²) in [7, 11) is 0. The molecule has 1 fully saturated rings. The van der Waals surface area contributed by atoms with E-state index in [-0.39, 0.29) is 5.91 Å². The molecule has 1 aliphatic heterocycles. The molecule has 5 nitrogen and oxygen atoms in total. The van der Waals surface area contributed by atoms with Crippen LogP contribution in [0.15, 0.2) is 30.3 Å². The van der Waals surface area contributed by atoms with E-state index in [1.165, 1.54) is 11.3 Å². The largest absolute Gasteiger partial charge is 0.368 e. The SMILES string of the molecule is Cc1cccc(N2CCN(C(=O)Cc3cc(C)[nH]n3)CC2)c1. The van der Waals surface area contributed by atoms with Crippen molar-refractivity contribution in [2.45, 2.75) is 20.3 Å². The van der Waals surface area contributed by atoms with Gasteiger partial charge in [-0.05, 0) is 37.6 Å². The topological polar surface area (TPSA) is 52.2 Å². The van der Waals surface area contributed by atoms with E-state index in [1.807, 2.05) is 17.9 Å². The summed E-state index contributed by atoms with van der Waals surface area (Å²) in [6.07, 6.45) is 0.384. The van der Waals surface area contributed by atoms with Gasteiger partial charge in [-0.2, -0.15) is 5.10 Å². The normalized spacial score (nSPS) is 15.2. The summed E-state index contributed by atoms with van der Waals surface area (Å²) in [6.45, 7) is 7.37. The zero-order valence-corrected chi connectivity index (χ0v) is 13.2. The second-order valence-corrected chi connectivity index (χ2v) is 5.93. The Labute approximate surface area is 130 Å². The van der Waals surface area contributed by atoms with Gasteiger partial charge in [-0.3, -0.25) is 9.89 Å². The van der Waals surface area contributed by atoms with Crippen molar-refractivity contribution in [2.24, 2.45) is 0 Å². The second-order valence-electron chi connectivity index (χ2n) is 5.93. The molecule has 1 aliphatic rings. The first-order valence-corrected chi connectivity index (χ1v) is 7.72. The van der Waals surface area contributed by atoms with Crippen LogP contribution in [0.1, 0.15) is 17.0 Å². The molecule has 0 radical (unpaired) electrons. The molecule has 0 bridgehead atoms. The molecular weight excluding hydrogens is 276 g/mol. The molecule has 22 heavy (non-hydrogen) atoms. The van der Waals surface area contributed by atoms with E-state index in [0.717, 1.165) is 37.6 Å². The summed E-state index contributed by atoms with van der Waals surface area (Å²) < 4.78 is 0. The standard InChI is InChI=1S/C17H22N4O/c1-13-4-3-5-16(10-13)20-6-8-21(9-7-20)17(22)12-15-11-14(2)18-19-15/h3-5,10-11H,6-9,12H2,1-2H3,(H,18,19). The predicted molar refractivity (Wildman–Crippen MR) is 87.0 cm³/mol. The lowest BCUT2D eigenvalue weighted by atomic mass is 10.2. The van der Waals surface area contributed by atoms with Crippen molar-refractivity contribution in [1.29, 1.82) is 0 Å². The fraction of sp³-hybridized carbons (Fsp3) is 0.412. The van der Waals surface area contributed by atoms with Gasteiger partial charge in [0.25, 0.3) is 0 Å². The minimum atomic E-state index is 0.162. The fourth-order valence-corrected chi connectivity index (χ4v) is 2.87. The van der Waals surface area contributed by atoms with Crippen LogP contribution in [-0.2, 0) is 11.2 Å². The molecular formula is C17H22N4O. The number of aromatic amines is 1. The Hall–Kier alpha value is -2.30. The number of hydrogen-bond donors (Lipinski definition) is 1. The lowest BCUT2D eigenvalue weighted by molar-refractivity contribution is -0.130. The molecule has 3 rings (SSSR count). The fourth-order valence-electron chi connectivity index (χ4n) is 2.87. The average Bonchev–Trinajstić information content (AvgIpc) is 2.92. The Balaban J connectivity index is 1.56. The van der Waals surface area contributed by atoms with Crippen LogP contribution in [0.4, 0.5) is 5.69 Å². The van der Waals surface area contributed by atoms with Crippen LogP contribution in [0.5, 0.6) is 0 Å². The Bertz CT molecular complexity index is 656. The molecule has 5 heteroatoms. The predicted octanol–water partition coefficient (Wildman–Crippen LogP) is 1.92. The van der Waals surface area contributed by atoms with Crippen LogP contribution in [0.3, 0.4) is 0 Å². The van der Waals surface area contributed by atoms with E-state index in [0.29, 0.717) is 6.42 Å². The molecule has 1 saturated heterocycles. The van der Waals surface area contributed by atoms with Crippen LogP contribution < -0.4 is 4.90 Å². The zero-order valence-electron chi connectivity index (χ0n) is 13.2. The van der Waals surface area contributed by atoms with Crippen molar-refractivity contribution in [3.05, 3.63) is 47.3 Å². The number of aryl methyl sites for hydroxylation is 2. The molecule has 0 spiro atoms. The quantitative estimate of drug-likeness (QED) is 0.942. The van der Waals surface area contributed by atoms with E-state index in [2.05, 4.69) is 46.3 Å². The maximum Gasteiger partial charge on any atom is 0.228 e. The van der Waals surface area contributed by atoms with Crippen LogP contribution in [0.2, 0.25) is 0 Å². The van der Waals surface area contributed by atoms with Gasteiger partial charge in [-0.1, -0.05) is 12.1 Å². The van der Waals surface area contributed by atoms with Gasteiger partial charge in [0, 0.05) is 37.6 Å². The minimum Gasteiger partial charge on any atom is -0.368 e. The van der Waals surface area contributed by atoms with Crippen molar-refractivity contribution in [2.75, 3.05) is 31.1 Å². The van der Waals surface area contributed by atoms with Gasteiger partial charge in [0.2, 0.25) is 5.91 Å². The van der Waals surface area contributed by atoms with Gasteiger partial charge in [-0.25, -0.2) is 0 Å². The number of amides is 1. The van der Waals surface area contributed by atoms with Gasteiger partial charge >= 0.3 is 0 Å². The number of carbonyl (C=O) groups is 1. The van der Waals surface area contributed by atoms with E-state index < -0.39 is 0 Å². The van der Waals surface area contributed by atoms with E-state index in [1.54, 1.807) is 0 Å². The average molecular weight is 298 g/mol. The van der Waals surface area contributed by atoms with Crippen LogP contribution >= 0.6 is 0 Å². The molecule has 0 saturated carbocycles. The highest BCUT2D eigenvalue weighted by Gasteiger charge is 2.21. The minimum absolute atomic E-state index is 0.162. The molecule has 0 aliphatic carbocycles. The summed E-state index contributed by atoms with van der Waals surface area (Å²) >= 11 is 0. The maximum atomic E-state index is 12.3. The maximum absolute atomic E-state index is 12.3. The zero-order chi connectivity index (χ0) is 15.5. The lowest BCUT2D eigenvalue weighted by Crippen LogP contribution is -2.49. The second kappa shape index (κ2) is 6.22. The number of anilines is 1. The Morgan fingerprint density at radius 3 is 2.59 bits per heavy atom. The third kappa shape index (κ3) is 3.30. The van der Waals surface area contributed by atoms with Gasteiger partial charge in [0.05, 0.1) is 12.1 Å².